The number of ketones is 1. The predicted octanol–water partition coefficient (Wildman–Crippen LogP) is 2.95. The van der Waals surface area contributed by atoms with Gasteiger partial charge in [0.2, 0.25) is 0 Å². The number of rotatable bonds is 2. The van der Waals surface area contributed by atoms with Gasteiger partial charge < -0.3 is 5.11 Å². The molecule has 20 heavy (non-hydrogen) atoms. The van der Waals surface area contributed by atoms with E-state index in [0.717, 1.165) is 18.4 Å². The van der Waals surface area contributed by atoms with Gasteiger partial charge in [0.05, 0.1) is 5.57 Å². The molecule has 3 rings (SSSR count). The van der Waals surface area contributed by atoms with E-state index in [9.17, 15) is 9.90 Å². The number of hydrogen-bond acceptors (Lipinski definition) is 3. The van der Waals surface area contributed by atoms with Gasteiger partial charge in [-0.15, -0.1) is 0 Å². The number of carbonyl (C=O) groups is 1. The van der Waals surface area contributed by atoms with Crippen LogP contribution in [0.3, 0.4) is 0 Å². The van der Waals surface area contributed by atoms with Crippen LogP contribution in [-0.4, -0.2) is 34.9 Å². The molecule has 1 aromatic carbocycles. The Hall–Kier alpha value is -1.87. The van der Waals surface area contributed by atoms with Crippen molar-refractivity contribution in [3.63, 3.8) is 0 Å². The molecule has 0 aromatic heterocycles. The highest BCUT2D eigenvalue weighted by molar-refractivity contribution is 5.99. The number of carbonyl (C=O) groups excluding carboxylic acids is 1. The van der Waals surface area contributed by atoms with Crippen LogP contribution < -0.4 is 0 Å². The molecule has 1 N–H and O–H groups in total. The Morgan fingerprint density at radius 2 is 2.05 bits per heavy atom. The summed E-state index contributed by atoms with van der Waals surface area (Å²) in [7, 11) is 2.04. The van der Waals surface area contributed by atoms with E-state index in [4.69, 9.17) is 0 Å². The van der Waals surface area contributed by atoms with Crippen LogP contribution in [0.1, 0.15) is 24.8 Å². The Bertz CT molecular complexity index is 574. The number of aliphatic hydroxyl groups is 1. The third-order valence-corrected chi connectivity index (χ3v) is 4.40. The van der Waals surface area contributed by atoms with Gasteiger partial charge in [0, 0.05) is 18.5 Å². The smallest absolute Gasteiger partial charge is 0.165 e. The highest BCUT2D eigenvalue weighted by atomic mass is 16.3. The molecule has 2 bridgehead atoms. The summed E-state index contributed by atoms with van der Waals surface area (Å²) in [4.78, 5) is 14.4. The monoisotopic (exact) mass is 269 g/mol. The van der Waals surface area contributed by atoms with E-state index in [1.54, 1.807) is 6.08 Å². The summed E-state index contributed by atoms with van der Waals surface area (Å²) in [5.74, 6) is 0.224. The number of hydrogen-bond donors (Lipinski definition) is 1. The number of Topliss-reactive ketones (excluding diaryl/α,β-unsaturated/α-hetero) is 1. The zero-order chi connectivity index (χ0) is 14.1. The molecule has 104 valence electrons. The van der Waals surface area contributed by atoms with Crippen LogP contribution in [0.5, 0.6) is 0 Å². The van der Waals surface area contributed by atoms with E-state index in [1.807, 2.05) is 43.5 Å². The number of benzene rings is 1. The maximum absolute atomic E-state index is 12.2. The van der Waals surface area contributed by atoms with Crippen LogP contribution in [0.25, 0.3) is 6.08 Å². The van der Waals surface area contributed by atoms with Crippen LogP contribution in [0.4, 0.5) is 0 Å². The normalized spacial score (nSPS) is 29.1. The Morgan fingerprint density at radius 1 is 1.30 bits per heavy atom. The lowest BCUT2D eigenvalue weighted by Crippen LogP contribution is -2.42. The zero-order valence-electron chi connectivity index (χ0n) is 11.6. The fraction of sp³-hybridized carbons (Fsp3) is 0.353. The van der Waals surface area contributed by atoms with E-state index < -0.39 is 0 Å². The van der Waals surface area contributed by atoms with Crippen molar-refractivity contribution in [3.8, 4) is 0 Å². The summed E-state index contributed by atoms with van der Waals surface area (Å²) in [6.07, 6.45) is 6.04. The van der Waals surface area contributed by atoms with Gasteiger partial charge >= 0.3 is 0 Å². The van der Waals surface area contributed by atoms with Gasteiger partial charge in [0.15, 0.2) is 5.78 Å². The van der Waals surface area contributed by atoms with E-state index in [1.165, 1.54) is 0 Å². The molecule has 2 aliphatic heterocycles. The van der Waals surface area contributed by atoms with Crippen molar-refractivity contribution in [2.45, 2.75) is 31.3 Å². The predicted molar refractivity (Wildman–Crippen MR) is 79.3 cm³/mol. The average molecular weight is 269 g/mol. The molecular formula is C17H19NO2. The maximum Gasteiger partial charge on any atom is 0.165 e. The SMILES string of the molecule is CN1[C@H]2CC[C@@H]1C(=C(O)/C=C/c1ccccc1)C(=O)C2. The fourth-order valence-corrected chi connectivity index (χ4v) is 3.26. The maximum atomic E-state index is 12.2. The molecule has 3 nitrogen and oxygen atoms in total. The van der Waals surface area contributed by atoms with Crippen molar-refractivity contribution >= 4 is 11.9 Å². The van der Waals surface area contributed by atoms with E-state index in [0.29, 0.717) is 18.0 Å². The van der Waals surface area contributed by atoms with Gasteiger partial charge in [-0.1, -0.05) is 36.4 Å². The standard InChI is InChI=1S/C17H19NO2/c1-18-13-8-9-14(18)17(16(20)11-13)15(19)10-7-12-5-3-2-4-6-12/h2-7,10,13-14,19H,8-9,11H2,1H3/b10-7+,17-15?/t13-,14+/m0/s1. The van der Waals surface area contributed by atoms with Crippen molar-refractivity contribution in [2.75, 3.05) is 7.05 Å². The first-order valence-corrected chi connectivity index (χ1v) is 7.08. The summed E-state index contributed by atoms with van der Waals surface area (Å²) in [6, 6.07) is 10.2. The lowest BCUT2D eigenvalue weighted by molar-refractivity contribution is -0.118. The average Bonchev–Trinajstić information content (AvgIpc) is 2.71. The van der Waals surface area contributed by atoms with Crippen molar-refractivity contribution in [1.82, 2.24) is 4.90 Å². The third-order valence-electron chi connectivity index (χ3n) is 4.40. The summed E-state index contributed by atoms with van der Waals surface area (Å²) in [5.41, 5.74) is 1.61. The third kappa shape index (κ3) is 2.29. The molecule has 0 amide bonds. The lowest BCUT2D eigenvalue weighted by Gasteiger charge is -2.32. The second-order valence-electron chi connectivity index (χ2n) is 5.58. The van der Waals surface area contributed by atoms with Crippen molar-refractivity contribution in [1.29, 1.82) is 0 Å². The van der Waals surface area contributed by atoms with Gasteiger partial charge in [0.25, 0.3) is 0 Å². The topological polar surface area (TPSA) is 40.5 Å². The van der Waals surface area contributed by atoms with Crippen LogP contribution >= 0.6 is 0 Å². The molecule has 2 saturated heterocycles. The van der Waals surface area contributed by atoms with Gasteiger partial charge in [0.1, 0.15) is 5.76 Å². The molecular weight excluding hydrogens is 250 g/mol. The second kappa shape index (κ2) is 5.25. The summed E-state index contributed by atoms with van der Waals surface area (Å²) < 4.78 is 0. The number of piperidine rings is 1. The fourth-order valence-electron chi connectivity index (χ4n) is 3.26. The molecule has 0 unspecified atom stereocenters. The van der Waals surface area contributed by atoms with Gasteiger partial charge in [-0.25, -0.2) is 0 Å². The van der Waals surface area contributed by atoms with Crippen LogP contribution in [0, 0.1) is 0 Å². The molecule has 1 aromatic rings. The molecule has 0 radical (unpaired) electrons. The number of allylic oxidation sites excluding steroid dienone is 1. The number of likely N-dealkylation sites (N-methyl/N-ethyl adjacent to an activating group) is 1. The minimum Gasteiger partial charge on any atom is -0.507 e. The van der Waals surface area contributed by atoms with Crippen LogP contribution in [0.15, 0.2) is 47.7 Å². The number of fused-ring (bicyclic) bond motifs is 2. The summed E-state index contributed by atoms with van der Waals surface area (Å²) >= 11 is 0. The first kappa shape index (κ1) is 13.1. The minimum atomic E-state index is 0.0849. The molecule has 0 spiro atoms. The van der Waals surface area contributed by atoms with Crippen molar-refractivity contribution in [3.05, 3.63) is 53.3 Å². The lowest BCUT2D eigenvalue weighted by atomic mass is 9.94. The highest BCUT2D eigenvalue weighted by Crippen LogP contribution is 2.36. The zero-order valence-corrected chi connectivity index (χ0v) is 11.6. The second-order valence-corrected chi connectivity index (χ2v) is 5.58. The number of nitrogens with zero attached hydrogens (tertiary/aromatic N) is 1. The van der Waals surface area contributed by atoms with Gasteiger partial charge in [-0.2, -0.15) is 0 Å². The first-order chi connectivity index (χ1) is 9.66. The van der Waals surface area contributed by atoms with Crippen LogP contribution in [-0.2, 0) is 4.79 Å². The number of aliphatic hydroxyl groups excluding tert-OH is 1. The van der Waals surface area contributed by atoms with Crippen molar-refractivity contribution in [2.24, 2.45) is 0 Å². The first-order valence-electron chi connectivity index (χ1n) is 7.08. The summed E-state index contributed by atoms with van der Waals surface area (Å²) in [5, 5.41) is 10.3. The highest BCUT2D eigenvalue weighted by Gasteiger charge is 2.42. The molecule has 2 fully saturated rings. The van der Waals surface area contributed by atoms with Gasteiger partial charge in [-0.3, -0.25) is 9.69 Å². The molecule has 2 aliphatic rings. The minimum absolute atomic E-state index is 0.0849. The molecule has 2 atom stereocenters. The Balaban J connectivity index is 1.88. The molecule has 3 heteroatoms. The van der Waals surface area contributed by atoms with Gasteiger partial charge in [-0.05, 0) is 31.5 Å². The van der Waals surface area contributed by atoms with Crippen molar-refractivity contribution < 1.29 is 9.90 Å². The quantitative estimate of drug-likeness (QED) is 0.663. The largest absolute Gasteiger partial charge is 0.507 e. The summed E-state index contributed by atoms with van der Waals surface area (Å²) in [6.45, 7) is 0. The Morgan fingerprint density at radius 3 is 2.80 bits per heavy atom. The van der Waals surface area contributed by atoms with Crippen LogP contribution in [0.2, 0.25) is 0 Å². The Labute approximate surface area is 119 Å². The Kier molecular flexibility index (Phi) is 3.45. The molecule has 0 aliphatic carbocycles. The van der Waals surface area contributed by atoms with E-state index in [2.05, 4.69) is 4.90 Å². The van der Waals surface area contributed by atoms with E-state index >= 15 is 0 Å². The van der Waals surface area contributed by atoms with E-state index in [-0.39, 0.29) is 17.6 Å². The molecule has 2 heterocycles. The molecule has 0 saturated carbocycles.